The Labute approximate surface area is 89.3 Å². The molecular formula is C11H18S2. The van der Waals surface area contributed by atoms with Gasteiger partial charge in [0.05, 0.1) is 0 Å². The molecule has 1 aliphatic heterocycles. The fourth-order valence-corrected chi connectivity index (χ4v) is 5.43. The zero-order chi connectivity index (χ0) is 9.15. The van der Waals surface area contributed by atoms with E-state index >= 15 is 0 Å². The van der Waals surface area contributed by atoms with Crippen molar-refractivity contribution in [1.29, 1.82) is 0 Å². The molecule has 1 saturated carbocycles. The first-order valence-electron chi connectivity index (χ1n) is 5.36. The standard InChI is InChI=1S/C11H18S2/c1-2-11(7-4-3-5-8-11)10-6-9-12-13-10/h6,9-10H,2-5,7-8H2,1H3. The van der Waals surface area contributed by atoms with Crippen LogP contribution in [-0.2, 0) is 0 Å². The molecule has 0 aromatic carbocycles. The third-order valence-corrected chi connectivity index (χ3v) is 6.16. The highest BCUT2D eigenvalue weighted by Crippen LogP contribution is 2.52. The number of hydrogen-bond donors (Lipinski definition) is 0. The molecule has 0 spiro atoms. The summed E-state index contributed by atoms with van der Waals surface area (Å²) in [6.45, 7) is 2.38. The molecule has 1 heterocycles. The lowest BCUT2D eigenvalue weighted by Gasteiger charge is -2.40. The van der Waals surface area contributed by atoms with Crippen molar-refractivity contribution in [3.05, 3.63) is 11.5 Å². The summed E-state index contributed by atoms with van der Waals surface area (Å²) >= 11 is 0. The van der Waals surface area contributed by atoms with E-state index in [9.17, 15) is 0 Å². The van der Waals surface area contributed by atoms with Crippen LogP contribution >= 0.6 is 21.6 Å². The lowest BCUT2D eigenvalue weighted by atomic mass is 9.70. The van der Waals surface area contributed by atoms with Gasteiger partial charge in [0.2, 0.25) is 0 Å². The molecule has 0 bridgehead atoms. The summed E-state index contributed by atoms with van der Waals surface area (Å²) in [5, 5.41) is 3.09. The van der Waals surface area contributed by atoms with E-state index in [1.165, 1.54) is 38.5 Å². The van der Waals surface area contributed by atoms with E-state index in [0.717, 1.165) is 5.25 Å². The molecule has 1 unspecified atom stereocenters. The zero-order valence-electron chi connectivity index (χ0n) is 8.29. The smallest absolute Gasteiger partial charge is 0.0398 e. The van der Waals surface area contributed by atoms with Gasteiger partial charge in [-0.15, -0.1) is 0 Å². The van der Waals surface area contributed by atoms with E-state index in [1.807, 2.05) is 10.8 Å². The van der Waals surface area contributed by atoms with E-state index in [2.05, 4.69) is 29.2 Å². The van der Waals surface area contributed by atoms with E-state index in [4.69, 9.17) is 0 Å². The molecule has 2 heteroatoms. The second-order valence-electron chi connectivity index (χ2n) is 4.22. The quantitative estimate of drug-likeness (QED) is 0.615. The second kappa shape index (κ2) is 4.31. The Kier molecular flexibility index (Phi) is 3.31. The van der Waals surface area contributed by atoms with Crippen molar-refractivity contribution >= 4 is 21.6 Å². The van der Waals surface area contributed by atoms with Crippen molar-refractivity contribution in [3.63, 3.8) is 0 Å². The number of hydrogen-bond acceptors (Lipinski definition) is 2. The van der Waals surface area contributed by atoms with Crippen LogP contribution in [0, 0.1) is 5.41 Å². The molecular weight excluding hydrogens is 196 g/mol. The lowest BCUT2D eigenvalue weighted by molar-refractivity contribution is 0.191. The molecule has 0 radical (unpaired) electrons. The Balaban J connectivity index is 2.07. The summed E-state index contributed by atoms with van der Waals surface area (Å²) in [4.78, 5) is 0. The molecule has 2 rings (SSSR count). The third-order valence-electron chi connectivity index (χ3n) is 3.63. The summed E-state index contributed by atoms with van der Waals surface area (Å²) in [6, 6.07) is 0. The summed E-state index contributed by atoms with van der Waals surface area (Å²) in [5.41, 5.74) is 0.656. The van der Waals surface area contributed by atoms with Gasteiger partial charge >= 0.3 is 0 Å². The summed E-state index contributed by atoms with van der Waals surface area (Å²) < 4.78 is 0. The average molecular weight is 214 g/mol. The minimum atomic E-state index is 0.656. The van der Waals surface area contributed by atoms with E-state index in [0.29, 0.717) is 5.41 Å². The van der Waals surface area contributed by atoms with Gasteiger partial charge < -0.3 is 0 Å². The SMILES string of the molecule is CCC1(C2C=CSS2)CCCCC1. The number of rotatable bonds is 2. The maximum atomic E-state index is 2.43. The van der Waals surface area contributed by atoms with Gasteiger partial charge in [0.1, 0.15) is 0 Å². The monoisotopic (exact) mass is 214 g/mol. The minimum absolute atomic E-state index is 0.656. The van der Waals surface area contributed by atoms with Crippen molar-refractivity contribution in [2.75, 3.05) is 0 Å². The van der Waals surface area contributed by atoms with E-state index in [1.54, 1.807) is 0 Å². The van der Waals surface area contributed by atoms with Gasteiger partial charge in [0, 0.05) is 5.25 Å². The Hall–Kier alpha value is 0.440. The molecule has 1 aliphatic carbocycles. The zero-order valence-corrected chi connectivity index (χ0v) is 9.92. The largest absolute Gasteiger partial charge is 0.0813 e. The Morgan fingerprint density at radius 3 is 2.62 bits per heavy atom. The van der Waals surface area contributed by atoms with Crippen LogP contribution in [0.15, 0.2) is 11.5 Å². The highest BCUT2D eigenvalue weighted by molar-refractivity contribution is 8.78. The molecule has 1 atom stereocenters. The summed E-state index contributed by atoms with van der Waals surface area (Å²) in [7, 11) is 4.00. The normalized spacial score (nSPS) is 32.2. The van der Waals surface area contributed by atoms with Gasteiger partial charge in [-0.2, -0.15) is 0 Å². The Morgan fingerprint density at radius 1 is 1.31 bits per heavy atom. The molecule has 1 fully saturated rings. The first kappa shape index (κ1) is 9.97. The highest BCUT2D eigenvalue weighted by atomic mass is 33.1. The van der Waals surface area contributed by atoms with Crippen LogP contribution in [0.3, 0.4) is 0 Å². The van der Waals surface area contributed by atoms with Crippen LogP contribution in [0.4, 0.5) is 0 Å². The first-order valence-corrected chi connectivity index (χ1v) is 7.64. The van der Waals surface area contributed by atoms with Crippen LogP contribution in [0.2, 0.25) is 0 Å². The minimum Gasteiger partial charge on any atom is -0.0813 e. The molecule has 0 aromatic heterocycles. The molecule has 0 aromatic rings. The third kappa shape index (κ3) is 1.94. The topological polar surface area (TPSA) is 0 Å². The van der Waals surface area contributed by atoms with Crippen LogP contribution in [0.1, 0.15) is 45.4 Å². The molecule has 2 aliphatic rings. The highest BCUT2D eigenvalue weighted by Gasteiger charge is 2.38. The van der Waals surface area contributed by atoms with Crippen LogP contribution in [0.5, 0.6) is 0 Å². The van der Waals surface area contributed by atoms with Gasteiger partial charge in [-0.05, 0) is 30.1 Å². The predicted molar refractivity (Wildman–Crippen MR) is 63.9 cm³/mol. The van der Waals surface area contributed by atoms with Crippen molar-refractivity contribution in [2.24, 2.45) is 5.41 Å². The molecule has 0 nitrogen and oxygen atoms in total. The Morgan fingerprint density at radius 2 is 2.08 bits per heavy atom. The van der Waals surface area contributed by atoms with Crippen LogP contribution in [-0.4, -0.2) is 5.25 Å². The lowest BCUT2D eigenvalue weighted by Crippen LogP contribution is -2.32. The van der Waals surface area contributed by atoms with Gasteiger partial charge in [-0.1, -0.05) is 53.9 Å². The summed E-state index contributed by atoms with van der Waals surface area (Å²) in [5.74, 6) is 0. The van der Waals surface area contributed by atoms with Crippen LogP contribution < -0.4 is 0 Å². The molecule has 13 heavy (non-hydrogen) atoms. The predicted octanol–water partition coefficient (Wildman–Crippen LogP) is 4.62. The van der Waals surface area contributed by atoms with Crippen LogP contribution in [0.25, 0.3) is 0 Å². The maximum Gasteiger partial charge on any atom is 0.0398 e. The first-order chi connectivity index (χ1) is 6.37. The average Bonchev–Trinajstić information content (AvgIpc) is 2.72. The van der Waals surface area contributed by atoms with Gasteiger partial charge in [0.25, 0.3) is 0 Å². The van der Waals surface area contributed by atoms with Gasteiger partial charge in [-0.25, -0.2) is 0 Å². The molecule has 0 N–H and O–H groups in total. The van der Waals surface area contributed by atoms with Gasteiger partial charge in [-0.3, -0.25) is 0 Å². The van der Waals surface area contributed by atoms with Crippen molar-refractivity contribution < 1.29 is 0 Å². The Bertz CT molecular complexity index is 192. The van der Waals surface area contributed by atoms with E-state index in [-0.39, 0.29) is 0 Å². The maximum absolute atomic E-state index is 2.43. The second-order valence-corrected chi connectivity index (χ2v) is 6.54. The van der Waals surface area contributed by atoms with E-state index < -0.39 is 0 Å². The fourth-order valence-electron chi connectivity index (χ4n) is 2.63. The molecule has 74 valence electrons. The van der Waals surface area contributed by atoms with Crippen molar-refractivity contribution in [2.45, 2.75) is 50.7 Å². The van der Waals surface area contributed by atoms with Crippen molar-refractivity contribution in [3.8, 4) is 0 Å². The van der Waals surface area contributed by atoms with Gasteiger partial charge in [0.15, 0.2) is 0 Å². The summed E-state index contributed by atoms with van der Waals surface area (Å²) in [6.07, 6.45) is 11.1. The molecule has 0 amide bonds. The van der Waals surface area contributed by atoms with Crippen molar-refractivity contribution in [1.82, 2.24) is 0 Å². The fraction of sp³-hybridized carbons (Fsp3) is 0.818. The molecule has 0 saturated heterocycles.